The molecule has 15 heavy (non-hydrogen) atoms. The molecule has 0 fully saturated rings. The van der Waals surface area contributed by atoms with Crippen molar-refractivity contribution >= 4 is 5.84 Å². The van der Waals surface area contributed by atoms with E-state index in [-0.39, 0.29) is 6.54 Å². The molecule has 1 rings (SSSR count). The fraction of sp³-hybridized carbons (Fsp3) is 0.182. The summed E-state index contributed by atoms with van der Waals surface area (Å²) in [7, 11) is 0. The second-order valence-electron chi connectivity index (χ2n) is 2.99. The summed E-state index contributed by atoms with van der Waals surface area (Å²) in [5.41, 5.74) is 0.398. The van der Waals surface area contributed by atoms with Crippen molar-refractivity contribution in [3.05, 3.63) is 48.2 Å². The van der Waals surface area contributed by atoms with Gasteiger partial charge in [0, 0.05) is 24.4 Å². The second-order valence-corrected chi connectivity index (χ2v) is 2.99. The maximum Gasteiger partial charge on any atom is 0.131 e. The zero-order valence-electron chi connectivity index (χ0n) is 8.43. The Labute approximate surface area is 87.3 Å². The highest BCUT2D eigenvalue weighted by atomic mass is 19.1. The van der Waals surface area contributed by atoms with Crippen molar-refractivity contribution in [1.29, 1.82) is 0 Å². The fourth-order valence-corrected chi connectivity index (χ4v) is 1.07. The smallest absolute Gasteiger partial charge is 0.131 e. The highest BCUT2D eigenvalue weighted by Crippen LogP contribution is 2.08. The van der Waals surface area contributed by atoms with E-state index in [0.717, 1.165) is 6.07 Å². The minimum atomic E-state index is -0.576. The Kier molecular flexibility index (Phi) is 3.97. The lowest BCUT2D eigenvalue weighted by atomic mass is 10.2. The van der Waals surface area contributed by atoms with E-state index in [9.17, 15) is 8.78 Å². The predicted molar refractivity (Wildman–Crippen MR) is 56.5 cm³/mol. The van der Waals surface area contributed by atoms with Gasteiger partial charge in [0.25, 0.3) is 0 Å². The molecule has 80 valence electrons. The molecule has 0 aliphatic heterocycles. The molecule has 4 heteroatoms. The first kappa shape index (κ1) is 11.4. The third kappa shape index (κ3) is 3.50. The molecule has 0 heterocycles. The summed E-state index contributed by atoms with van der Waals surface area (Å²) in [6.45, 7) is 5.45. The van der Waals surface area contributed by atoms with Gasteiger partial charge in [0.1, 0.15) is 11.6 Å². The topological polar surface area (TPSA) is 24.4 Å². The number of amidine groups is 1. The van der Waals surface area contributed by atoms with Crippen LogP contribution in [0.1, 0.15) is 12.5 Å². The number of benzene rings is 1. The molecule has 0 aliphatic rings. The van der Waals surface area contributed by atoms with Gasteiger partial charge in [-0.2, -0.15) is 0 Å². The van der Waals surface area contributed by atoms with Crippen LogP contribution in [0, 0.1) is 11.6 Å². The molecule has 1 aromatic rings. The van der Waals surface area contributed by atoms with Crippen LogP contribution in [0.2, 0.25) is 0 Å². The van der Waals surface area contributed by atoms with Gasteiger partial charge in [0.05, 0.1) is 5.84 Å². The molecule has 0 unspecified atom stereocenters. The van der Waals surface area contributed by atoms with Crippen molar-refractivity contribution in [2.45, 2.75) is 13.5 Å². The van der Waals surface area contributed by atoms with E-state index in [1.165, 1.54) is 18.3 Å². The molecule has 0 aliphatic carbocycles. The number of hydrogen-bond acceptors (Lipinski definition) is 1. The molecule has 1 N–H and O–H groups in total. The van der Waals surface area contributed by atoms with Gasteiger partial charge in [-0.25, -0.2) is 13.8 Å². The Bertz CT molecular complexity index is 386. The molecule has 0 bridgehead atoms. The number of nitrogens with one attached hydrogen (secondary N) is 1. The number of aliphatic imine (C=N–C) groups is 1. The monoisotopic (exact) mass is 210 g/mol. The van der Waals surface area contributed by atoms with Gasteiger partial charge >= 0.3 is 0 Å². The molecule has 0 aromatic heterocycles. The van der Waals surface area contributed by atoms with Gasteiger partial charge in [-0.05, 0) is 13.0 Å². The fourth-order valence-electron chi connectivity index (χ4n) is 1.07. The molecule has 0 atom stereocenters. The molecule has 0 amide bonds. The van der Waals surface area contributed by atoms with E-state index in [0.29, 0.717) is 11.4 Å². The SMILES string of the molecule is C=C/N=C(/C)NCc1ccc(F)cc1F. The highest BCUT2D eigenvalue weighted by molar-refractivity contribution is 5.79. The van der Waals surface area contributed by atoms with Crippen molar-refractivity contribution in [1.82, 2.24) is 5.32 Å². The molecular weight excluding hydrogens is 198 g/mol. The van der Waals surface area contributed by atoms with Gasteiger partial charge in [0.15, 0.2) is 0 Å². The Morgan fingerprint density at radius 1 is 1.53 bits per heavy atom. The molecule has 0 radical (unpaired) electrons. The highest BCUT2D eigenvalue weighted by Gasteiger charge is 2.02. The first-order chi connectivity index (χ1) is 7.13. The first-order valence-electron chi connectivity index (χ1n) is 4.46. The van der Waals surface area contributed by atoms with E-state index < -0.39 is 11.6 Å². The van der Waals surface area contributed by atoms with Crippen LogP contribution in [0.5, 0.6) is 0 Å². The predicted octanol–water partition coefficient (Wildman–Crippen LogP) is 2.62. The van der Waals surface area contributed by atoms with Crippen LogP contribution in [0.4, 0.5) is 8.78 Å². The number of hydrogen-bond donors (Lipinski definition) is 1. The van der Waals surface area contributed by atoms with Gasteiger partial charge in [-0.1, -0.05) is 12.6 Å². The average molecular weight is 210 g/mol. The van der Waals surface area contributed by atoms with Crippen molar-refractivity contribution in [2.24, 2.45) is 4.99 Å². The Morgan fingerprint density at radius 3 is 2.87 bits per heavy atom. The summed E-state index contributed by atoms with van der Waals surface area (Å²) in [5.74, 6) is -0.504. The largest absolute Gasteiger partial charge is 0.370 e. The van der Waals surface area contributed by atoms with Crippen LogP contribution < -0.4 is 5.32 Å². The maximum absolute atomic E-state index is 13.1. The maximum atomic E-state index is 13.1. The summed E-state index contributed by atoms with van der Waals surface area (Å²) < 4.78 is 25.7. The third-order valence-corrected chi connectivity index (χ3v) is 1.83. The molecular formula is C11H12F2N2. The molecule has 2 nitrogen and oxygen atoms in total. The quantitative estimate of drug-likeness (QED) is 0.602. The number of halogens is 2. The van der Waals surface area contributed by atoms with Crippen LogP contribution in [-0.2, 0) is 6.54 Å². The zero-order chi connectivity index (χ0) is 11.3. The summed E-state index contributed by atoms with van der Waals surface area (Å²) in [4.78, 5) is 3.86. The standard InChI is InChI=1S/C11H12F2N2/c1-3-14-8(2)15-7-9-4-5-10(12)6-11(9)13/h3-6H,1,7H2,2H3,(H,14,15). The lowest BCUT2D eigenvalue weighted by Gasteiger charge is -2.06. The second kappa shape index (κ2) is 5.24. The van der Waals surface area contributed by atoms with Crippen LogP contribution >= 0.6 is 0 Å². The molecule has 0 saturated carbocycles. The lowest BCUT2D eigenvalue weighted by Crippen LogP contribution is -2.20. The van der Waals surface area contributed by atoms with Crippen LogP contribution in [0.25, 0.3) is 0 Å². The van der Waals surface area contributed by atoms with Crippen LogP contribution in [-0.4, -0.2) is 5.84 Å². The van der Waals surface area contributed by atoms with Crippen molar-refractivity contribution in [3.8, 4) is 0 Å². The van der Waals surface area contributed by atoms with Crippen LogP contribution in [0.3, 0.4) is 0 Å². The molecule has 0 spiro atoms. The van der Waals surface area contributed by atoms with Gasteiger partial charge in [0.2, 0.25) is 0 Å². The molecule has 0 saturated heterocycles. The van der Waals surface area contributed by atoms with Crippen molar-refractivity contribution < 1.29 is 8.78 Å². The summed E-state index contributed by atoms with van der Waals surface area (Å²) in [5, 5.41) is 2.88. The van der Waals surface area contributed by atoms with Crippen LogP contribution in [0.15, 0.2) is 36.0 Å². The molecule has 1 aromatic carbocycles. The van der Waals surface area contributed by atoms with E-state index in [2.05, 4.69) is 16.9 Å². The Hall–Kier alpha value is -1.71. The lowest BCUT2D eigenvalue weighted by molar-refractivity contribution is 0.570. The Balaban J connectivity index is 2.65. The minimum Gasteiger partial charge on any atom is -0.370 e. The zero-order valence-corrected chi connectivity index (χ0v) is 8.43. The van der Waals surface area contributed by atoms with E-state index in [1.807, 2.05) is 0 Å². The minimum absolute atomic E-state index is 0.273. The van der Waals surface area contributed by atoms with Crippen molar-refractivity contribution in [2.75, 3.05) is 0 Å². The normalized spacial score (nSPS) is 11.3. The van der Waals surface area contributed by atoms with Gasteiger partial charge in [-0.15, -0.1) is 0 Å². The van der Waals surface area contributed by atoms with Gasteiger partial charge < -0.3 is 5.32 Å². The first-order valence-corrected chi connectivity index (χ1v) is 4.46. The van der Waals surface area contributed by atoms with E-state index >= 15 is 0 Å². The summed E-state index contributed by atoms with van der Waals surface area (Å²) >= 11 is 0. The van der Waals surface area contributed by atoms with Gasteiger partial charge in [-0.3, -0.25) is 0 Å². The Morgan fingerprint density at radius 2 is 2.27 bits per heavy atom. The number of rotatable bonds is 3. The van der Waals surface area contributed by atoms with E-state index in [1.54, 1.807) is 6.92 Å². The third-order valence-electron chi connectivity index (χ3n) is 1.83. The van der Waals surface area contributed by atoms with E-state index in [4.69, 9.17) is 0 Å². The summed E-state index contributed by atoms with van der Waals surface area (Å²) in [6, 6.07) is 3.48. The number of nitrogens with zero attached hydrogens (tertiary/aromatic N) is 1. The van der Waals surface area contributed by atoms with Crippen molar-refractivity contribution in [3.63, 3.8) is 0 Å². The average Bonchev–Trinajstić information content (AvgIpc) is 2.17. The summed E-state index contributed by atoms with van der Waals surface area (Å²) in [6.07, 6.45) is 1.39.